The van der Waals surface area contributed by atoms with Crippen molar-refractivity contribution in [3.63, 3.8) is 0 Å². The van der Waals surface area contributed by atoms with E-state index in [0.717, 1.165) is 37.8 Å². The molecule has 0 aliphatic heterocycles. The van der Waals surface area contributed by atoms with Gasteiger partial charge in [0.05, 0.1) is 5.56 Å². The summed E-state index contributed by atoms with van der Waals surface area (Å²) in [5.74, 6) is -0.0972. The van der Waals surface area contributed by atoms with Gasteiger partial charge in [-0.2, -0.15) is 13.2 Å². The number of halogens is 3. The van der Waals surface area contributed by atoms with Gasteiger partial charge in [-0.25, -0.2) is 0 Å². The molecule has 1 saturated carbocycles. The second-order valence-corrected chi connectivity index (χ2v) is 5.77. The molecule has 0 atom stereocenters. The third-order valence-electron chi connectivity index (χ3n) is 4.37. The first-order valence-electron chi connectivity index (χ1n) is 7.26. The molecule has 0 spiro atoms. The maximum absolute atomic E-state index is 12.5. The Labute approximate surface area is 122 Å². The van der Waals surface area contributed by atoms with E-state index >= 15 is 0 Å². The van der Waals surface area contributed by atoms with Gasteiger partial charge in [-0.15, -0.1) is 0 Å². The molecule has 1 fully saturated rings. The highest BCUT2D eigenvalue weighted by Crippen LogP contribution is 2.33. The van der Waals surface area contributed by atoms with Crippen LogP contribution >= 0.6 is 0 Å². The highest BCUT2D eigenvalue weighted by molar-refractivity contribution is 5.96. The monoisotopic (exact) mass is 299 g/mol. The lowest BCUT2D eigenvalue weighted by Crippen LogP contribution is -2.46. The second kappa shape index (κ2) is 6.18. The van der Waals surface area contributed by atoms with Crippen molar-refractivity contribution in [2.24, 2.45) is 0 Å². The predicted molar refractivity (Wildman–Crippen MR) is 75.3 cm³/mol. The van der Waals surface area contributed by atoms with E-state index in [0.29, 0.717) is 12.0 Å². The van der Waals surface area contributed by atoms with Gasteiger partial charge in [0.15, 0.2) is 5.78 Å². The summed E-state index contributed by atoms with van der Waals surface area (Å²) in [4.78, 5) is 12.3. The third kappa shape index (κ3) is 3.84. The summed E-state index contributed by atoms with van der Waals surface area (Å²) in [6.07, 6.45) is 1.21. The van der Waals surface area contributed by atoms with Crippen LogP contribution in [0.5, 0.6) is 0 Å². The van der Waals surface area contributed by atoms with Crippen LogP contribution in [0.15, 0.2) is 24.3 Å². The van der Waals surface area contributed by atoms with E-state index in [-0.39, 0.29) is 11.3 Å². The van der Waals surface area contributed by atoms with Crippen LogP contribution in [0.2, 0.25) is 0 Å². The van der Waals surface area contributed by atoms with Gasteiger partial charge in [-0.3, -0.25) is 4.79 Å². The summed E-state index contributed by atoms with van der Waals surface area (Å²) < 4.78 is 37.5. The van der Waals surface area contributed by atoms with E-state index in [9.17, 15) is 18.0 Å². The van der Waals surface area contributed by atoms with Crippen molar-refractivity contribution in [1.29, 1.82) is 0 Å². The maximum atomic E-state index is 12.5. The number of carbonyl (C=O) groups is 1. The normalized spacial score (nSPS) is 18.5. The lowest BCUT2D eigenvalue weighted by molar-refractivity contribution is -0.137. The Kier molecular flexibility index (Phi) is 4.71. The molecular formula is C16H20F3NO. The predicted octanol–water partition coefficient (Wildman–Crippen LogP) is 4.20. The number of rotatable bonds is 4. The molecule has 2 rings (SSSR count). The quantitative estimate of drug-likeness (QED) is 0.844. The summed E-state index contributed by atoms with van der Waals surface area (Å²) in [7, 11) is 1.85. The van der Waals surface area contributed by atoms with Crippen molar-refractivity contribution >= 4 is 5.78 Å². The minimum absolute atomic E-state index is 0.0972. The zero-order valence-corrected chi connectivity index (χ0v) is 12.1. The zero-order chi connectivity index (χ0) is 15.5. The van der Waals surface area contributed by atoms with Crippen molar-refractivity contribution in [1.82, 2.24) is 5.32 Å². The molecule has 2 nitrogen and oxygen atoms in total. The Morgan fingerprint density at radius 1 is 1.14 bits per heavy atom. The average molecular weight is 299 g/mol. The van der Waals surface area contributed by atoms with Gasteiger partial charge in [0, 0.05) is 17.5 Å². The van der Waals surface area contributed by atoms with Crippen molar-refractivity contribution in [2.75, 3.05) is 7.05 Å². The van der Waals surface area contributed by atoms with E-state index in [2.05, 4.69) is 5.32 Å². The van der Waals surface area contributed by atoms with E-state index in [1.54, 1.807) is 0 Å². The van der Waals surface area contributed by atoms with E-state index in [1.807, 2.05) is 7.05 Å². The summed E-state index contributed by atoms with van der Waals surface area (Å²) in [6, 6.07) is 4.50. The molecule has 1 aliphatic carbocycles. The van der Waals surface area contributed by atoms with Crippen LogP contribution in [0.25, 0.3) is 0 Å². The second-order valence-electron chi connectivity index (χ2n) is 5.77. The summed E-state index contributed by atoms with van der Waals surface area (Å²) in [6.45, 7) is 0. The number of hydrogen-bond acceptors (Lipinski definition) is 2. The topological polar surface area (TPSA) is 29.1 Å². The number of ketones is 1. The number of hydrogen-bond donors (Lipinski definition) is 1. The Morgan fingerprint density at radius 3 is 2.19 bits per heavy atom. The molecule has 0 unspecified atom stereocenters. The van der Waals surface area contributed by atoms with E-state index in [1.165, 1.54) is 18.6 Å². The first kappa shape index (κ1) is 16.0. The summed E-state index contributed by atoms with van der Waals surface area (Å²) in [5.41, 5.74) is -0.568. The van der Waals surface area contributed by atoms with Gasteiger partial charge in [0.1, 0.15) is 0 Å². The molecule has 5 heteroatoms. The molecule has 21 heavy (non-hydrogen) atoms. The van der Waals surface area contributed by atoms with Crippen LogP contribution in [0.4, 0.5) is 13.2 Å². The lowest BCUT2D eigenvalue weighted by Gasteiger charge is -2.36. The Morgan fingerprint density at radius 2 is 1.71 bits per heavy atom. The van der Waals surface area contributed by atoms with Crippen LogP contribution in [-0.2, 0) is 6.18 Å². The fourth-order valence-corrected chi connectivity index (χ4v) is 3.00. The van der Waals surface area contributed by atoms with Gasteiger partial charge in [-0.1, -0.05) is 31.4 Å². The maximum Gasteiger partial charge on any atom is 0.416 e. The largest absolute Gasteiger partial charge is 0.416 e. The Hall–Kier alpha value is -1.36. The number of nitrogens with one attached hydrogen (secondary N) is 1. The fraction of sp³-hybridized carbons (Fsp3) is 0.562. The van der Waals surface area contributed by atoms with Crippen molar-refractivity contribution in [3.8, 4) is 0 Å². The zero-order valence-electron chi connectivity index (χ0n) is 12.1. The number of Topliss-reactive ketones (excluding diaryl/α,β-unsaturated/α-hetero) is 1. The third-order valence-corrected chi connectivity index (χ3v) is 4.37. The fourth-order valence-electron chi connectivity index (χ4n) is 3.00. The minimum atomic E-state index is -4.36. The van der Waals surface area contributed by atoms with Crippen molar-refractivity contribution < 1.29 is 18.0 Å². The highest BCUT2D eigenvalue weighted by atomic mass is 19.4. The molecule has 1 aromatic carbocycles. The lowest BCUT2D eigenvalue weighted by atomic mass is 9.77. The molecular weight excluding hydrogens is 279 g/mol. The van der Waals surface area contributed by atoms with Crippen LogP contribution in [0.1, 0.15) is 54.4 Å². The molecule has 0 heterocycles. The van der Waals surface area contributed by atoms with E-state index < -0.39 is 11.7 Å². The van der Waals surface area contributed by atoms with Crippen LogP contribution in [0, 0.1) is 0 Å². The SMILES string of the molecule is CNC1(CC(=O)c2ccc(C(F)(F)F)cc2)CCCCC1. The van der Waals surface area contributed by atoms with Gasteiger partial charge in [0.2, 0.25) is 0 Å². The highest BCUT2D eigenvalue weighted by Gasteiger charge is 2.33. The first-order valence-corrected chi connectivity index (χ1v) is 7.26. The number of benzene rings is 1. The number of alkyl halides is 3. The van der Waals surface area contributed by atoms with Gasteiger partial charge < -0.3 is 5.32 Å². The summed E-state index contributed by atoms with van der Waals surface area (Å²) in [5, 5.41) is 3.25. The van der Waals surface area contributed by atoms with Gasteiger partial charge in [0.25, 0.3) is 0 Å². The molecule has 1 aliphatic rings. The molecule has 0 amide bonds. The molecule has 0 aromatic heterocycles. The average Bonchev–Trinajstić information content (AvgIpc) is 2.47. The Bertz CT molecular complexity index is 487. The minimum Gasteiger partial charge on any atom is -0.314 e. The molecule has 1 aromatic rings. The van der Waals surface area contributed by atoms with Crippen molar-refractivity contribution in [3.05, 3.63) is 35.4 Å². The molecule has 0 radical (unpaired) electrons. The first-order chi connectivity index (χ1) is 9.86. The standard InChI is InChI=1S/C16H20F3NO/c1-20-15(9-3-2-4-10-15)11-14(21)12-5-7-13(8-6-12)16(17,18)19/h5-8,20H,2-4,9-11H2,1H3. The molecule has 0 saturated heterocycles. The smallest absolute Gasteiger partial charge is 0.314 e. The summed E-state index contributed by atoms with van der Waals surface area (Å²) >= 11 is 0. The van der Waals surface area contributed by atoms with Crippen molar-refractivity contribution in [2.45, 2.75) is 50.2 Å². The van der Waals surface area contributed by atoms with Crippen LogP contribution in [-0.4, -0.2) is 18.4 Å². The molecule has 1 N–H and O–H groups in total. The molecule has 0 bridgehead atoms. The Balaban J connectivity index is 2.09. The van der Waals surface area contributed by atoms with Gasteiger partial charge >= 0.3 is 6.18 Å². The van der Waals surface area contributed by atoms with Crippen LogP contribution in [0.3, 0.4) is 0 Å². The van der Waals surface area contributed by atoms with Gasteiger partial charge in [-0.05, 0) is 32.0 Å². The van der Waals surface area contributed by atoms with E-state index in [4.69, 9.17) is 0 Å². The van der Waals surface area contributed by atoms with Crippen LogP contribution < -0.4 is 5.32 Å². The molecule has 116 valence electrons. The number of carbonyl (C=O) groups excluding carboxylic acids is 1.